The average Bonchev–Trinajstić information content (AvgIpc) is 2.49. The Bertz CT molecular complexity index is 507. The predicted octanol–water partition coefficient (Wildman–Crippen LogP) is 3.20. The summed E-state index contributed by atoms with van der Waals surface area (Å²) in [6.07, 6.45) is 3.92. The molecule has 0 atom stereocenters. The van der Waals surface area contributed by atoms with Crippen molar-refractivity contribution in [3.05, 3.63) is 35.9 Å². The van der Waals surface area contributed by atoms with Gasteiger partial charge < -0.3 is 10.1 Å². The van der Waals surface area contributed by atoms with E-state index in [2.05, 4.69) is 29.7 Å². The SMILES string of the molecule is COc1ccc(/C=C\C(C)=NNC(=S)NCC(C)C)cc1. The molecule has 0 saturated heterocycles. The van der Waals surface area contributed by atoms with E-state index in [0.717, 1.165) is 23.6 Å². The summed E-state index contributed by atoms with van der Waals surface area (Å²) < 4.78 is 5.12. The van der Waals surface area contributed by atoms with Crippen LogP contribution in [0.5, 0.6) is 5.75 Å². The zero-order valence-electron chi connectivity index (χ0n) is 13.0. The lowest BCUT2D eigenvalue weighted by Gasteiger charge is -2.09. The summed E-state index contributed by atoms with van der Waals surface area (Å²) in [5, 5.41) is 7.84. The summed E-state index contributed by atoms with van der Waals surface area (Å²) in [5.74, 6) is 1.39. The Morgan fingerprint density at radius 2 is 2.00 bits per heavy atom. The fraction of sp³-hybridized carbons (Fsp3) is 0.375. The Morgan fingerprint density at radius 1 is 1.33 bits per heavy atom. The fourth-order valence-corrected chi connectivity index (χ4v) is 1.57. The van der Waals surface area contributed by atoms with Crippen LogP contribution in [0.1, 0.15) is 26.3 Å². The third-order valence-corrected chi connectivity index (χ3v) is 2.87. The van der Waals surface area contributed by atoms with Crippen LogP contribution >= 0.6 is 12.2 Å². The highest BCUT2D eigenvalue weighted by Crippen LogP contribution is 2.12. The number of hydrogen-bond donors (Lipinski definition) is 2. The molecular weight excluding hydrogens is 282 g/mol. The van der Waals surface area contributed by atoms with Crippen molar-refractivity contribution < 1.29 is 4.74 Å². The first-order chi connectivity index (χ1) is 10.0. The molecule has 4 nitrogen and oxygen atoms in total. The van der Waals surface area contributed by atoms with Gasteiger partial charge in [-0.3, -0.25) is 5.43 Å². The lowest BCUT2D eigenvalue weighted by Crippen LogP contribution is -2.34. The van der Waals surface area contributed by atoms with Crippen LogP contribution in [0.15, 0.2) is 35.4 Å². The largest absolute Gasteiger partial charge is 0.497 e. The Kier molecular flexibility index (Phi) is 7.46. The van der Waals surface area contributed by atoms with E-state index in [1.807, 2.05) is 43.3 Å². The van der Waals surface area contributed by atoms with Crippen LogP contribution in [0.4, 0.5) is 0 Å². The van der Waals surface area contributed by atoms with Crippen molar-refractivity contribution in [2.24, 2.45) is 11.0 Å². The lowest BCUT2D eigenvalue weighted by molar-refractivity contribution is 0.415. The molecule has 0 unspecified atom stereocenters. The monoisotopic (exact) mass is 305 g/mol. The first-order valence-corrected chi connectivity index (χ1v) is 7.32. The summed E-state index contributed by atoms with van der Waals surface area (Å²) in [5.41, 5.74) is 4.76. The minimum atomic E-state index is 0.542. The van der Waals surface area contributed by atoms with Gasteiger partial charge in [-0.05, 0) is 48.8 Å². The fourth-order valence-electron chi connectivity index (χ4n) is 1.44. The van der Waals surface area contributed by atoms with Crippen LogP contribution in [-0.4, -0.2) is 24.5 Å². The van der Waals surface area contributed by atoms with Gasteiger partial charge in [0, 0.05) is 6.54 Å². The Labute approximate surface area is 132 Å². The number of benzene rings is 1. The molecule has 21 heavy (non-hydrogen) atoms. The molecule has 0 radical (unpaired) electrons. The van der Waals surface area contributed by atoms with E-state index in [9.17, 15) is 0 Å². The van der Waals surface area contributed by atoms with E-state index in [1.54, 1.807) is 7.11 Å². The summed E-state index contributed by atoms with van der Waals surface area (Å²) in [6.45, 7) is 7.00. The molecular formula is C16H23N3OS. The van der Waals surface area contributed by atoms with Gasteiger partial charge in [0.15, 0.2) is 5.11 Å². The maximum Gasteiger partial charge on any atom is 0.186 e. The second kappa shape index (κ2) is 9.13. The number of nitrogens with zero attached hydrogens (tertiary/aromatic N) is 1. The number of allylic oxidation sites excluding steroid dienone is 1. The molecule has 1 aromatic rings. The molecule has 5 heteroatoms. The normalized spacial score (nSPS) is 11.8. The van der Waals surface area contributed by atoms with E-state index in [0.29, 0.717) is 11.0 Å². The number of rotatable bonds is 6. The number of thiocarbonyl (C=S) groups is 1. The Balaban J connectivity index is 2.47. The van der Waals surface area contributed by atoms with Gasteiger partial charge in [-0.15, -0.1) is 0 Å². The highest BCUT2D eigenvalue weighted by Gasteiger charge is 1.96. The smallest absolute Gasteiger partial charge is 0.186 e. The zero-order chi connectivity index (χ0) is 15.7. The predicted molar refractivity (Wildman–Crippen MR) is 93.7 cm³/mol. The van der Waals surface area contributed by atoms with Crippen LogP contribution in [0, 0.1) is 5.92 Å². The molecule has 0 heterocycles. The minimum absolute atomic E-state index is 0.542. The van der Waals surface area contributed by atoms with Crippen molar-refractivity contribution in [1.82, 2.24) is 10.7 Å². The molecule has 0 aliphatic rings. The standard InChI is InChI=1S/C16H23N3OS/c1-12(2)11-17-16(21)19-18-13(3)5-6-14-7-9-15(20-4)10-8-14/h5-10,12H,11H2,1-4H3,(H2,17,19,21)/b6-5-,18-13?. The van der Waals surface area contributed by atoms with Crippen LogP contribution in [0.3, 0.4) is 0 Å². The van der Waals surface area contributed by atoms with Crippen LogP contribution < -0.4 is 15.5 Å². The van der Waals surface area contributed by atoms with E-state index < -0.39 is 0 Å². The molecule has 1 aromatic carbocycles. The van der Waals surface area contributed by atoms with Crippen LogP contribution in [-0.2, 0) is 0 Å². The Hall–Kier alpha value is -1.88. The van der Waals surface area contributed by atoms with E-state index in [1.165, 1.54) is 0 Å². The molecule has 0 aliphatic heterocycles. The molecule has 1 rings (SSSR count). The molecule has 0 saturated carbocycles. The quantitative estimate of drug-likeness (QED) is 0.481. The van der Waals surface area contributed by atoms with Crippen LogP contribution in [0.2, 0.25) is 0 Å². The highest BCUT2D eigenvalue weighted by molar-refractivity contribution is 7.80. The van der Waals surface area contributed by atoms with Gasteiger partial charge in [-0.2, -0.15) is 5.10 Å². The molecule has 0 aromatic heterocycles. The molecule has 0 aliphatic carbocycles. The number of methoxy groups -OCH3 is 1. The van der Waals surface area contributed by atoms with Gasteiger partial charge in [0.2, 0.25) is 0 Å². The second-order valence-electron chi connectivity index (χ2n) is 5.08. The number of ether oxygens (including phenoxy) is 1. The topological polar surface area (TPSA) is 45.6 Å². The number of nitrogens with one attached hydrogen (secondary N) is 2. The first kappa shape index (κ1) is 17.2. The molecule has 2 N–H and O–H groups in total. The summed E-state index contributed by atoms with van der Waals surface area (Å²) in [4.78, 5) is 0. The van der Waals surface area contributed by atoms with E-state index >= 15 is 0 Å². The van der Waals surface area contributed by atoms with Crippen molar-refractivity contribution in [3.8, 4) is 5.75 Å². The summed E-state index contributed by atoms with van der Waals surface area (Å²) in [7, 11) is 1.66. The maximum atomic E-state index is 5.13. The first-order valence-electron chi connectivity index (χ1n) is 6.91. The van der Waals surface area contributed by atoms with E-state index in [4.69, 9.17) is 17.0 Å². The van der Waals surface area contributed by atoms with Gasteiger partial charge in [-0.25, -0.2) is 0 Å². The molecule has 0 spiro atoms. The number of hydrazone groups is 1. The lowest BCUT2D eigenvalue weighted by atomic mass is 10.2. The maximum absolute atomic E-state index is 5.13. The average molecular weight is 305 g/mol. The van der Waals surface area contributed by atoms with Crippen molar-refractivity contribution in [2.75, 3.05) is 13.7 Å². The zero-order valence-corrected chi connectivity index (χ0v) is 13.8. The van der Waals surface area contributed by atoms with Crippen molar-refractivity contribution >= 4 is 29.1 Å². The number of hydrogen-bond acceptors (Lipinski definition) is 3. The molecule has 114 valence electrons. The van der Waals surface area contributed by atoms with Gasteiger partial charge in [-0.1, -0.05) is 32.1 Å². The van der Waals surface area contributed by atoms with Crippen molar-refractivity contribution in [3.63, 3.8) is 0 Å². The van der Waals surface area contributed by atoms with Gasteiger partial charge in [0.05, 0.1) is 12.8 Å². The third-order valence-electron chi connectivity index (χ3n) is 2.64. The van der Waals surface area contributed by atoms with Crippen molar-refractivity contribution in [1.29, 1.82) is 0 Å². The Morgan fingerprint density at radius 3 is 2.57 bits per heavy atom. The van der Waals surface area contributed by atoms with Gasteiger partial charge in [0.25, 0.3) is 0 Å². The second-order valence-corrected chi connectivity index (χ2v) is 5.48. The van der Waals surface area contributed by atoms with Crippen LogP contribution in [0.25, 0.3) is 6.08 Å². The molecule has 0 amide bonds. The third kappa shape index (κ3) is 7.46. The summed E-state index contributed by atoms with van der Waals surface area (Å²) in [6, 6.07) is 7.83. The van der Waals surface area contributed by atoms with Gasteiger partial charge >= 0.3 is 0 Å². The van der Waals surface area contributed by atoms with Crippen molar-refractivity contribution in [2.45, 2.75) is 20.8 Å². The van der Waals surface area contributed by atoms with E-state index in [-0.39, 0.29) is 0 Å². The molecule has 0 fully saturated rings. The van der Waals surface area contributed by atoms with Gasteiger partial charge in [0.1, 0.15) is 5.75 Å². The summed E-state index contributed by atoms with van der Waals surface area (Å²) >= 11 is 5.13. The highest BCUT2D eigenvalue weighted by atomic mass is 32.1. The molecule has 0 bridgehead atoms. The minimum Gasteiger partial charge on any atom is -0.497 e.